The fourth-order valence-electron chi connectivity index (χ4n) is 7.46. The molecule has 5 rings (SSSR count). The number of benzene rings is 1. The van der Waals surface area contributed by atoms with E-state index in [9.17, 15) is 38.7 Å². The summed E-state index contributed by atoms with van der Waals surface area (Å²) in [5, 5.41) is 34.4. The molecule has 0 bridgehead atoms. The largest absolute Gasteiger partial charge is 0.391 e. The molecule has 4 aromatic rings. The third-order valence-electron chi connectivity index (χ3n) is 10.9. The first kappa shape index (κ1) is 48.7. The van der Waals surface area contributed by atoms with Crippen LogP contribution in [0.1, 0.15) is 56.5 Å². The molecule has 7 amide bonds. The second-order valence-corrected chi connectivity index (χ2v) is 15.9. The fourth-order valence-corrected chi connectivity index (χ4v) is 7.46. The number of carbonyl (C=O) groups is 7. The molecule has 1 aliphatic rings. The van der Waals surface area contributed by atoms with E-state index in [1.807, 2.05) is 24.3 Å². The summed E-state index contributed by atoms with van der Waals surface area (Å²) in [6, 6.07) is -1.32. The van der Waals surface area contributed by atoms with Crippen LogP contribution >= 0.6 is 0 Å². The highest BCUT2D eigenvalue weighted by Crippen LogP contribution is 2.22. The van der Waals surface area contributed by atoms with Crippen molar-refractivity contribution in [3.05, 3.63) is 72.5 Å². The number of hydrogen-bond donors (Lipinski definition) is 14. The number of likely N-dealkylation sites (tertiary alicyclic amines) is 1. The van der Waals surface area contributed by atoms with Gasteiger partial charge in [-0.25, -0.2) is 9.97 Å². The number of nitrogens with zero attached hydrogens (tertiary/aromatic N) is 3. The van der Waals surface area contributed by atoms with E-state index >= 15 is 0 Å². The minimum Gasteiger partial charge on any atom is -0.391 e. The summed E-state index contributed by atoms with van der Waals surface area (Å²) in [4.78, 5) is 114. The maximum atomic E-state index is 14.6. The maximum absolute atomic E-state index is 14.6. The Balaban J connectivity index is 1.38. The summed E-state index contributed by atoms with van der Waals surface area (Å²) in [6.45, 7) is 3.00. The minimum atomic E-state index is -1.46. The zero-order valence-electron chi connectivity index (χ0n) is 36.1. The van der Waals surface area contributed by atoms with E-state index in [0.717, 1.165) is 10.9 Å². The molecule has 0 saturated carbocycles. The van der Waals surface area contributed by atoms with Crippen LogP contribution in [0.4, 0.5) is 0 Å². The Bertz CT molecular complexity index is 2280. The number of aliphatic hydroxyl groups excluding tert-OH is 1. The molecule has 1 aromatic carbocycles. The Kier molecular flexibility index (Phi) is 17.1. The molecule has 3 aromatic heterocycles. The lowest BCUT2D eigenvalue weighted by molar-refractivity contribution is -0.142. The van der Waals surface area contributed by atoms with Crippen LogP contribution in [0.5, 0.6) is 0 Å². The summed E-state index contributed by atoms with van der Waals surface area (Å²) in [5.41, 5.74) is 19.0. The summed E-state index contributed by atoms with van der Waals surface area (Å²) in [6.07, 6.45) is 6.80. The van der Waals surface area contributed by atoms with Crippen LogP contribution < -0.4 is 49.1 Å². The zero-order chi connectivity index (χ0) is 47.2. The molecule has 0 unspecified atom stereocenters. The molecule has 0 aliphatic carbocycles. The second-order valence-electron chi connectivity index (χ2n) is 15.9. The average Bonchev–Trinajstić information content (AvgIpc) is 4.11. The van der Waals surface area contributed by atoms with Crippen LogP contribution in [0.3, 0.4) is 0 Å². The van der Waals surface area contributed by atoms with Gasteiger partial charge >= 0.3 is 0 Å². The fraction of sp³-hybridized carbons (Fsp3) is 0.463. The number of amides is 7. The van der Waals surface area contributed by atoms with Crippen molar-refractivity contribution in [3.8, 4) is 0 Å². The number of primary amides is 1. The molecule has 1 fully saturated rings. The van der Waals surface area contributed by atoms with Crippen molar-refractivity contribution in [2.24, 2.45) is 17.2 Å². The molecule has 1 aliphatic heterocycles. The molecular formula is C41H58N16O8. The van der Waals surface area contributed by atoms with Crippen molar-refractivity contribution in [2.75, 3.05) is 13.1 Å². The van der Waals surface area contributed by atoms with Gasteiger partial charge in [-0.2, -0.15) is 0 Å². The number of H-pyrrole nitrogens is 3. The van der Waals surface area contributed by atoms with Gasteiger partial charge in [-0.3, -0.25) is 39.0 Å². The van der Waals surface area contributed by atoms with Gasteiger partial charge in [0.05, 0.1) is 36.2 Å². The smallest absolute Gasteiger partial charge is 0.245 e. The highest BCUT2D eigenvalue weighted by molar-refractivity contribution is 5.98. The lowest BCUT2D eigenvalue weighted by Gasteiger charge is -2.31. The highest BCUT2D eigenvalue weighted by atomic mass is 16.3. The van der Waals surface area contributed by atoms with E-state index < -0.39 is 89.7 Å². The Hall–Kier alpha value is -7.34. The van der Waals surface area contributed by atoms with E-state index in [1.54, 1.807) is 12.4 Å². The van der Waals surface area contributed by atoms with E-state index in [1.165, 1.54) is 37.6 Å². The van der Waals surface area contributed by atoms with Gasteiger partial charge in [0.15, 0.2) is 5.96 Å². The SMILES string of the molecule is C[C@H](N)C(=O)N[C@@H](Cc1c[nH]cn1)C(=O)N[C@@H](Cc1c[nH]cn1)C(=O)N[C@@H](CCCNC(=N)N)C(=O)N1CCC[C@H]1C(=O)N[C@@H](Cc1c[nH]c2ccccc12)C(=O)N[C@H](C(N)=O)[C@@H](C)O. The molecule has 17 N–H and O–H groups in total. The van der Waals surface area contributed by atoms with Crippen LogP contribution in [0.15, 0.2) is 55.5 Å². The standard InChI is InChI=1S/C41H58N16O8/c1-21(42)35(60)53-30(14-24-17-46-19-50-24)37(62)54-31(15-25-18-47-20-51-25)36(61)52-28(9-5-11-48-41(44)45)40(65)57-12-6-10-32(57)39(64)55-29(38(63)56-33(22(2)58)34(43)59)13-23-16-49-27-8-4-3-7-26(23)27/h3-4,7-8,16-22,28-33,49,58H,5-6,9-15,42H2,1-2H3,(H2,43,59)(H,46,50)(H,47,51)(H,52,61)(H,53,60)(H,54,62)(H,55,64)(H,56,63)(H4,44,45,48)/t21-,22+,28-,29-,30-,31-,32-,33-/m0/s1. The van der Waals surface area contributed by atoms with Gasteiger partial charge in [0, 0.05) is 61.8 Å². The van der Waals surface area contributed by atoms with Crippen molar-refractivity contribution in [1.29, 1.82) is 5.41 Å². The number of nitrogens with two attached hydrogens (primary N) is 3. The van der Waals surface area contributed by atoms with E-state index in [4.69, 9.17) is 22.6 Å². The van der Waals surface area contributed by atoms with Gasteiger partial charge in [-0.1, -0.05) is 18.2 Å². The summed E-state index contributed by atoms with van der Waals surface area (Å²) < 4.78 is 0. The van der Waals surface area contributed by atoms with Crippen molar-refractivity contribution in [1.82, 2.24) is 61.7 Å². The number of aliphatic hydroxyl groups is 1. The Morgan fingerprint density at radius 3 is 1.97 bits per heavy atom. The predicted molar refractivity (Wildman–Crippen MR) is 235 cm³/mol. The van der Waals surface area contributed by atoms with Crippen molar-refractivity contribution in [3.63, 3.8) is 0 Å². The maximum Gasteiger partial charge on any atom is 0.245 e. The molecule has 8 atom stereocenters. The minimum absolute atomic E-state index is 0.00440. The third-order valence-corrected chi connectivity index (χ3v) is 10.9. The van der Waals surface area contributed by atoms with Gasteiger partial charge in [0.2, 0.25) is 41.4 Å². The van der Waals surface area contributed by atoms with E-state index in [0.29, 0.717) is 23.4 Å². The quantitative estimate of drug-likeness (QED) is 0.0196. The molecule has 1 saturated heterocycles. The number of aromatic amines is 3. The first-order chi connectivity index (χ1) is 31.0. The van der Waals surface area contributed by atoms with Crippen LogP contribution in [0.25, 0.3) is 10.9 Å². The van der Waals surface area contributed by atoms with Crippen LogP contribution in [0.2, 0.25) is 0 Å². The normalized spacial score (nSPS) is 16.8. The number of nitrogens with one attached hydrogen (secondary N) is 10. The summed E-state index contributed by atoms with van der Waals surface area (Å²) >= 11 is 0. The molecular weight excluding hydrogens is 845 g/mol. The Morgan fingerprint density at radius 1 is 0.815 bits per heavy atom. The first-order valence-corrected chi connectivity index (χ1v) is 21.2. The van der Waals surface area contributed by atoms with Gasteiger partial charge in [-0.15, -0.1) is 0 Å². The Morgan fingerprint density at radius 2 is 1.40 bits per heavy atom. The topological polar surface area (TPSA) is 390 Å². The van der Waals surface area contributed by atoms with Gasteiger partial charge < -0.3 is 74.1 Å². The lowest BCUT2D eigenvalue weighted by Crippen LogP contribution is -2.60. The van der Waals surface area contributed by atoms with Crippen molar-refractivity contribution in [2.45, 2.75) is 107 Å². The first-order valence-electron chi connectivity index (χ1n) is 21.2. The number of rotatable bonds is 23. The summed E-state index contributed by atoms with van der Waals surface area (Å²) in [5.74, 6) is -5.57. The van der Waals surface area contributed by atoms with E-state index in [-0.39, 0.29) is 57.6 Å². The lowest BCUT2D eigenvalue weighted by atomic mass is 10.0. The predicted octanol–water partition coefficient (Wildman–Crippen LogP) is -3.47. The van der Waals surface area contributed by atoms with Gasteiger partial charge in [-0.05, 0) is 51.2 Å². The summed E-state index contributed by atoms with van der Waals surface area (Å²) in [7, 11) is 0. The van der Waals surface area contributed by atoms with Crippen molar-refractivity contribution >= 4 is 58.2 Å². The molecule has 0 radical (unpaired) electrons. The molecule has 24 nitrogen and oxygen atoms in total. The number of aromatic nitrogens is 5. The molecule has 350 valence electrons. The van der Waals surface area contributed by atoms with Crippen LogP contribution in [0, 0.1) is 5.41 Å². The average molecular weight is 903 g/mol. The number of fused-ring (bicyclic) bond motifs is 1. The second kappa shape index (κ2) is 22.8. The zero-order valence-corrected chi connectivity index (χ0v) is 36.1. The Labute approximate surface area is 373 Å². The number of carbonyl (C=O) groups excluding carboxylic acids is 7. The number of imidazole rings is 2. The van der Waals surface area contributed by atoms with E-state index in [2.05, 4.69) is 56.8 Å². The third kappa shape index (κ3) is 13.6. The molecule has 4 heterocycles. The highest BCUT2D eigenvalue weighted by Gasteiger charge is 2.40. The van der Waals surface area contributed by atoms with Crippen molar-refractivity contribution < 1.29 is 38.7 Å². The van der Waals surface area contributed by atoms with Crippen LogP contribution in [-0.2, 0) is 52.8 Å². The number of guanidine groups is 1. The molecule has 24 heteroatoms. The van der Waals surface area contributed by atoms with Crippen LogP contribution in [-0.4, -0.2) is 144 Å². The monoisotopic (exact) mass is 902 g/mol. The number of para-hydroxylation sites is 1. The molecule has 0 spiro atoms. The van der Waals surface area contributed by atoms with Gasteiger partial charge in [0.25, 0.3) is 0 Å². The molecule has 65 heavy (non-hydrogen) atoms. The van der Waals surface area contributed by atoms with Gasteiger partial charge in [0.1, 0.15) is 36.3 Å². The number of hydrogen-bond acceptors (Lipinski definition) is 12.